The Labute approximate surface area is 132 Å². The van der Waals surface area contributed by atoms with Crippen LogP contribution < -0.4 is 5.32 Å². The van der Waals surface area contributed by atoms with Gasteiger partial charge in [-0.05, 0) is 43.7 Å². The lowest BCUT2D eigenvalue weighted by atomic mass is 10.2. The van der Waals surface area contributed by atoms with Crippen LogP contribution in [0.5, 0.6) is 0 Å². The highest BCUT2D eigenvalue weighted by molar-refractivity contribution is 7.98. The van der Waals surface area contributed by atoms with Gasteiger partial charge in [0.2, 0.25) is 10.0 Å². The van der Waals surface area contributed by atoms with Crippen molar-refractivity contribution in [3.63, 3.8) is 0 Å². The zero-order chi connectivity index (χ0) is 15.5. The van der Waals surface area contributed by atoms with E-state index in [-0.39, 0.29) is 6.04 Å². The Morgan fingerprint density at radius 2 is 2.14 bits per heavy atom. The van der Waals surface area contributed by atoms with Crippen molar-refractivity contribution in [1.82, 2.24) is 9.62 Å². The van der Waals surface area contributed by atoms with Crippen molar-refractivity contribution in [1.29, 1.82) is 0 Å². The first-order valence-corrected chi connectivity index (χ1v) is 10.1. The molecule has 1 atom stereocenters. The summed E-state index contributed by atoms with van der Waals surface area (Å²) in [6.45, 7) is 2.67. The van der Waals surface area contributed by atoms with E-state index in [2.05, 4.69) is 5.32 Å². The number of nitrogens with one attached hydrogen (secondary N) is 1. The van der Waals surface area contributed by atoms with Crippen LogP contribution >= 0.6 is 11.8 Å². The van der Waals surface area contributed by atoms with Crippen LogP contribution in [0.3, 0.4) is 0 Å². The first kappa shape index (κ1) is 16.8. The van der Waals surface area contributed by atoms with E-state index in [9.17, 15) is 8.42 Å². The third kappa shape index (κ3) is 4.45. The number of thioether (sulfide) groups is 1. The zero-order valence-corrected chi connectivity index (χ0v) is 14.5. The summed E-state index contributed by atoms with van der Waals surface area (Å²) in [6, 6.07) is 7.86. The molecule has 1 saturated carbocycles. The van der Waals surface area contributed by atoms with E-state index in [4.69, 9.17) is 0 Å². The molecule has 0 aliphatic heterocycles. The summed E-state index contributed by atoms with van der Waals surface area (Å²) in [5.74, 6) is 0.790. The average molecular weight is 329 g/mol. The largest absolute Gasteiger partial charge is 0.310 e. The van der Waals surface area contributed by atoms with Gasteiger partial charge in [0.1, 0.15) is 0 Å². The van der Waals surface area contributed by atoms with Gasteiger partial charge in [-0.25, -0.2) is 8.42 Å². The Bertz CT molecular complexity index is 571. The van der Waals surface area contributed by atoms with Crippen LogP contribution in [0.2, 0.25) is 0 Å². The lowest BCUT2D eigenvalue weighted by molar-refractivity contribution is 0.415. The topological polar surface area (TPSA) is 49.4 Å². The summed E-state index contributed by atoms with van der Waals surface area (Å²) < 4.78 is 26.8. The van der Waals surface area contributed by atoms with Gasteiger partial charge in [-0.15, -0.1) is 0 Å². The summed E-state index contributed by atoms with van der Waals surface area (Å²) in [5.41, 5.74) is 1.02. The smallest absolute Gasteiger partial charge is 0.243 e. The molecule has 6 heteroatoms. The van der Waals surface area contributed by atoms with E-state index in [0.29, 0.717) is 10.9 Å². The van der Waals surface area contributed by atoms with E-state index in [1.165, 1.54) is 17.1 Å². The molecular formula is C15H24N2O2S2. The molecular weight excluding hydrogens is 304 g/mol. The van der Waals surface area contributed by atoms with Gasteiger partial charge in [-0.3, -0.25) is 0 Å². The molecule has 0 spiro atoms. The Morgan fingerprint density at radius 1 is 1.43 bits per heavy atom. The van der Waals surface area contributed by atoms with Crippen molar-refractivity contribution in [3.8, 4) is 0 Å². The van der Waals surface area contributed by atoms with Crippen molar-refractivity contribution < 1.29 is 8.42 Å². The van der Waals surface area contributed by atoms with Crippen molar-refractivity contribution >= 4 is 21.8 Å². The fourth-order valence-corrected chi connectivity index (χ4v) is 4.35. The minimum absolute atomic E-state index is 0.0155. The number of rotatable bonds is 8. The minimum atomic E-state index is -3.41. The average Bonchev–Trinajstić information content (AvgIpc) is 3.29. The Hall–Kier alpha value is -0.560. The third-order valence-corrected chi connectivity index (χ3v) is 6.56. The van der Waals surface area contributed by atoms with Crippen LogP contribution in [0.4, 0.5) is 0 Å². The molecule has 1 fully saturated rings. The Morgan fingerprint density at radius 3 is 2.76 bits per heavy atom. The van der Waals surface area contributed by atoms with E-state index in [1.54, 1.807) is 30.9 Å². The normalized spacial score (nSPS) is 17.1. The molecule has 0 bridgehead atoms. The number of nitrogens with zero attached hydrogens (tertiary/aromatic N) is 1. The molecule has 0 heterocycles. The molecule has 1 N–H and O–H groups in total. The Kier molecular flexibility index (Phi) is 5.71. The second-order valence-electron chi connectivity index (χ2n) is 5.63. The lowest BCUT2D eigenvalue weighted by Gasteiger charge is -2.24. The van der Waals surface area contributed by atoms with Gasteiger partial charge in [0, 0.05) is 31.4 Å². The Balaban J connectivity index is 2.12. The first-order valence-electron chi connectivity index (χ1n) is 7.24. The molecule has 0 amide bonds. The molecule has 0 radical (unpaired) electrons. The van der Waals surface area contributed by atoms with E-state index < -0.39 is 10.0 Å². The molecule has 4 nitrogen and oxygen atoms in total. The fourth-order valence-electron chi connectivity index (χ4n) is 2.11. The number of hydrogen-bond donors (Lipinski definition) is 1. The monoisotopic (exact) mass is 328 g/mol. The van der Waals surface area contributed by atoms with Crippen LogP contribution in [-0.4, -0.2) is 43.9 Å². The van der Waals surface area contributed by atoms with Crippen LogP contribution in [0.15, 0.2) is 29.2 Å². The predicted molar refractivity (Wildman–Crippen MR) is 89.1 cm³/mol. The second kappa shape index (κ2) is 7.13. The van der Waals surface area contributed by atoms with Gasteiger partial charge >= 0.3 is 0 Å². The van der Waals surface area contributed by atoms with Crippen LogP contribution in [-0.2, 0) is 16.6 Å². The summed E-state index contributed by atoms with van der Waals surface area (Å²) >= 11 is 1.65. The van der Waals surface area contributed by atoms with Gasteiger partial charge in [-0.2, -0.15) is 16.1 Å². The van der Waals surface area contributed by atoms with Crippen LogP contribution in [0.1, 0.15) is 25.3 Å². The molecule has 0 aromatic heterocycles. The first-order chi connectivity index (χ1) is 9.95. The van der Waals surface area contributed by atoms with Crippen molar-refractivity contribution in [2.24, 2.45) is 0 Å². The number of benzene rings is 1. The summed E-state index contributed by atoms with van der Waals surface area (Å²) in [7, 11) is -1.76. The maximum absolute atomic E-state index is 12.6. The third-order valence-electron chi connectivity index (χ3n) is 3.78. The van der Waals surface area contributed by atoms with Gasteiger partial charge in [-0.1, -0.05) is 12.1 Å². The zero-order valence-electron chi connectivity index (χ0n) is 12.9. The molecule has 1 aliphatic carbocycles. The van der Waals surface area contributed by atoms with Gasteiger partial charge in [0.25, 0.3) is 0 Å². The number of hydrogen-bond acceptors (Lipinski definition) is 4. The molecule has 2 rings (SSSR count). The highest BCUT2D eigenvalue weighted by atomic mass is 32.2. The molecule has 1 aliphatic rings. The highest BCUT2D eigenvalue weighted by Crippen LogP contribution is 2.21. The van der Waals surface area contributed by atoms with Gasteiger partial charge in [0.05, 0.1) is 4.90 Å². The molecule has 0 saturated heterocycles. The minimum Gasteiger partial charge on any atom is -0.310 e. The van der Waals surface area contributed by atoms with E-state index in [1.807, 2.05) is 25.3 Å². The van der Waals surface area contributed by atoms with E-state index >= 15 is 0 Å². The highest BCUT2D eigenvalue weighted by Gasteiger charge is 2.25. The summed E-state index contributed by atoms with van der Waals surface area (Å²) in [5, 5.41) is 3.41. The molecule has 1 aromatic carbocycles. The van der Waals surface area contributed by atoms with Gasteiger partial charge in [0.15, 0.2) is 0 Å². The summed E-state index contributed by atoms with van der Waals surface area (Å²) in [4.78, 5) is 0.382. The maximum atomic E-state index is 12.6. The fraction of sp³-hybridized carbons (Fsp3) is 0.600. The van der Waals surface area contributed by atoms with E-state index in [0.717, 1.165) is 17.9 Å². The molecule has 1 aromatic rings. The quantitative estimate of drug-likeness (QED) is 0.795. The van der Waals surface area contributed by atoms with Gasteiger partial charge < -0.3 is 5.32 Å². The van der Waals surface area contributed by atoms with Crippen LogP contribution in [0.25, 0.3) is 0 Å². The molecule has 1 unspecified atom stereocenters. The maximum Gasteiger partial charge on any atom is 0.243 e. The van der Waals surface area contributed by atoms with Crippen molar-refractivity contribution in [2.75, 3.05) is 19.1 Å². The predicted octanol–water partition coefficient (Wildman–Crippen LogP) is 2.31. The lowest BCUT2D eigenvalue weighted by Crippen LogP contribution is -2.36. The number of sulfonamides is 1. The van der Waals surface area contributed by atoms with Crippen molar-refractivity contribution in [3.05, 3.63) is 29.8 Å². The van der Waals surface area contributed by atoms with Crippen molar-refractivity contribution in [2.45, 2.75) is 43.3 Å². The summed E-state index contributed by atoms with van der Waals surface area (Å²) in [6.07, 6.45) is 4.45. The SMILES string of the molecule is CSCC(C)N(C)S(=O)(=O)c1cccc(CNC2CC2)c1. The molecule has 21 heavy (non-hydrogen) atoms. The van der Waals surface area contributed by atoms with Crippen LogP contribution in [0, 0.1) is 0 Å². The standard InChI is InChI=1S/C15H24N2O2S2/c1-12(11-20-3)17(2)21(18,19)15-6-4-5-13(9-15)10-16-14-7-8-14/h4-6,9,12,14,16H,7-8,10-11H2,1-3H3. The molecule has 118 valence electrons. The second-order valence-corrected chi connectivity index (χ2v) is 8.54.